The van der Waals surface area contributed by atoms with Gasteiger partial charge in [-0.3, -0.25) is 14.4 Å². The van der Waals surface area contributed by atoms with Gasteiger partial charge in [-0.25, -0.2) is 4.79 Å². The fraction of sp³-hybridized carbons (Fsp3) is 0.636. The zero-order valence-electron chi connectivity index (χ0n) is 33.8. The minimum atomic E-state index is -1.70. The number of hydrogen-bond acceptors (Lipinski definition) is 11. The standard InChI is InChI=1S/C44H60O12/c1-20(16-21(2)17-32(45)26(7)41(50)51)12-10-9-11-13-28-23(4)18-31-29(15-14-22(3)40(31)55-44-39(49)38(48)37(47)27(8)54-44)36-35(28)34-25(6)33(46)19-30(34)24(5)42(52)56-43(36)53/h9-13,18,21-22,25-29,31-33,36-37,39-40,44-47,49H,14-17,19H2,1-8H3,(H,50,51)/b10-9+,13-11+,20-12+,30-24?,35-34?/t21?,22?,25?,26?,27-,28?,29?,31?,32?,33?,36?,37-,39-,40?,44+/m0/s1. The highest BCUT2D eigenvalue weighted by Crippen LogP contribution is 2.54. The van der Waals surface area contributed by atoms with E-state index in [4.69, 9.17) is 14.2 Å². The van der Waals surface area contributed by atoms with Crippen molar-refractivity contribution in [1.82, 2.24) is 0 Å². The van der Waals surface area contributed by atoms with Crippen molar-refractivity contribution in [3.63, 3.8) is 0 Å². The van der Waals surface area contributed by atoms with Crippen molar-refractivity contribution in [2.75, 3.05) is 0 Å². The lowest BCUT2D eigenvalue weighted by Crippen LogP contribution is -2.57. The number of carboxylic acid groups (broad SMARTS) is 1. The summed E-state index contributed by atoms with van der Waals surface area (Å²) in [4.78, 5) is 51.7. The van der Waals surface area contributed by atoms with E-state index in [1.165, 1.54) is 13.8 Å². The Morgan fingerprint density at radius 2 is 1.71 bits per heavy atom. The van der Waals surface area contributed by atoms with Crippen LogP contribution in [-0.2, 0) is 33.4 Å². The van der Waals surface area contributed by atoms with Crippen LogP contribution >= 0.6 is 0 Å². The number of aliphatic carboxylic acids is 1. The van der Waals surface area contributed by atoms with Crippen LogP contribution in [0.3, 0.4) is 0 Å². The summed E-state index contributed by atoms with van der Waals surface area (Å²) < 4.78 is 17.9. The lowest BCUT2D eigenvalue weighted by Gasteiger charge is -2.45. The number of carbonyl (C=O) groups excluding carboxylic acids is 3. The molecule has 2 heterocycles. The second-order valence-electron chi connectivity index (χ2n) is 17.0. The predicted molar refractivity (Wildman–Crippen MR) is 206 cm³/mol. The van der Waals surface area contributed by atoms with E-state index < -0.39 is 96.2 Å². The van der Waals surface area contributed by atoms with Crippen LogP contribution in [-0.4, -0.2) is 92.1 Å². The molecule has 0 aromatic carbocycles. The highest BCUT2D eigenvalue weighted by Gasteiger charge is 2.53. The summed E-state index contributed by atoms with van der Waals surface area (Å²) >= 11 is 0. The van der Waals surface area contributed by atoms with Gasteiger partial charge in [-0.05, 0) is 101 Å². The Balaban J connectivity index is 1.53. The molecule has 5 aliphatic rings. The Morgan fingerprint density at radius 1 is 1.02 bits per heavy atom. The lowest BCUT2D eigenvalue weighted by molar-refractivity contribution is -0.274. The molecule has 0 aromatic rings. The van der Waals surface area contributed by atoms with Crippen molar-refractivity contribution in [3.05, 3.63) is 69.9 Å². The number of aliphatic hydroxyl groups is 4. The SMILES string of the molecule is CC1=CC2C(CCC(C)C2O[C@H]2O[C@@H](C)[C@H](O)C(=O)[C@@H]2O)C2C(=O)OC(=O)C(C)=C3CC(O)C(C)C3=C2C1/C=C/C=C/C=C(\C)CC(C)CC(O)C(C)C(=O)O. The van der Waals surface area contributed by atoms with Crippen LogP contribution in [0.2, 0.25) is 0 Å². The second-order valence-corrected chi connectivity index (χ2v) is 17.0. The summed E-state index contributed by atoms with van der Waals surface area (Å²) in [5.74, 6) is -6.51. The van der Waals surface area contributed by atoms with Gasteiger partial charge in [-0.1, -0.05) is 68.4 Å². The van der Waals surface area contributed by atoms with Gasteiger partial charge in [0.05, 0.1) is 36.3 Å². The summed E-state index contributed by atoms with van der Waals surface area (Å²) in [6.45, 7) is 14.6. The first kappa shape index (κ1) is 43.6. The molecule has 0 radical (unpaired) electrons. The number of fused-ring (bicyclic) bond motifs is 4. The van der Waals surface area contributed by atoms with Crippen LogP contribution in [0.5, 0.6) is 0 Å². The number of carbonyl (C=O) groups is 4. The Labute approximate surface area is 329 Å². The van der Waals surface area contributed by atoms with E-state index in [-0.39, 0.29) is 24.2 Å². The number of esters is 2. The number of carboxylic acids is 1. The number of aliphatic hydroxyl groups excluding tert-OH is 4. The Kier molecular flexibility index (Phi) is 14.0. The molecule has 0 aromatic heterocycles. The van der Waals surface area contributed by atoms with Gasteiger partial charge in [-0.2, -0.15) is 0 Å². The van der Waals surface area contributed by atoms with E-state index in [1.54, 1.807) is 6.92 Å². The topological polar surface area (TPSA) is 197 Å². The average molecular weight is 781 g/mol. The normalized spacial score (nSPS) is 37.3. The first-order valence-corrected chi connectivity index (χ1v) is 20.0. The van der Waals surface area contributed by atoms with Gasteiger partial charge >= 0.3 is 17.9 Å². The van der Waals surface area contributed by atoms with E-state index in [0.717, 1.165) is 22.3 Å². The number of ketones is 1. The highest BCUT2D eigenvalue weighted by atomic mass is 16.7. The summed E-state index contributed by atoms with van der Waals surface area (Å²) in [6.07, 6.45) is 6.63. The first-order valence-electron chi connectivity index (χ1n) is 20.0. The van der Waals surface area contributed by atoms with Crippen molar-refractivity contribution >= 4 is 23.7 Å². The largest absolute Gasteiger partial charge is 0.481 e. The molecule has 12 nitrogen and oxygen atoms in total. The van der Waals surface area contributed by atoms with Crippen LogP contribution in [0.4, 0.5) is 0 Å². The molecule has 11 unspecified atom stereocenters. The van der Waals surface area contributed by atoms with Crippen molar-refractivity contribution in [2.45, 2.75) is 130 Å². The third-order valence-electron chi connectivity index (χ3n) is 12.8. The number of hydrogen-bond donors (Lipinski definition) is 5. The van der Waals surface area contributed by atoms with Crippen LogP contribution in [0.1, 0.15) is 87.5 Å². The van der Waals surface area contributed by atoms with E-state index in [1.807, 2.05) is 65.0 Å². The molecule has 2 saturated carbocycles. The highest BCUT2D eigenvalue weighted by molar-refractivity contribution is 5.99. The van der Waals surface area contributed by atoms with Crippen molar-refractivity contribution < 1.29 is 58.9 Å². The van der Waals surface area contributed by atoms with Gasteiger partial charge in [0.2, 0.25) is 0 Å². The maximum atomic E-state index is 14.4. The molecule has 3 fully saturated rings. The Morgan fingerprint density at radius 3 is 2.39 bits per heavy atom. The smallest absolute Gasteiger partial charge is 0.341 e. The van der Waals surface area contributed by atoms with Crippen LogP contribution in [0.25, 0.3) is 0 Å². The number of allylic oxidation sites excluding steroid dienone is 7. The molecule has 0 spiro atoms. The molecule has 56 heavy (non-hydrogen) atoms. The van der Waals surface area contributed by atoms with E-state index in [2.05, 4.69) is 6.08 Å². The predicted octanol–water partition coefficient (Wildman–Crippen LogP) is 4.92. The molecule has 12 heteroatoms. The molecule has 5 N–H and O–H groups in total. The molecule has 3 aliphatic carbocycles. The van der Waals surface area contributed by atoms with E-state index >= 15 is 0 Å². The minimum absolute atomic E-state index is 0.0685. The van der Waals surface area contributed by atoms with Crippen molar-refractivity contribution in [3.8, 4) is 0 Å². The van der Waals surface area contributed by atoms with Crippen molar-refractivity contribution in [1.29, 1.82) is 0 Å². The molecule has 15 atom stereocenters. The molecule has 2 aliphatic heterocycles. The maximum absolute atomic E-state index is 14.4. The van der Waals surface area contributed by atoms with Crippen LogP contribution < -0.4 is 0 Å². The zero-order chi connectivity index (χ0) is 41.3. The van der Waals surface area contributed by atoms with E-state index in [9.17, 15) is 44.7 Å². The number of Topliss-reactive ketones (excluding diaryl/α,β-unsaturated/α-hetero) is 1. The number of rotatable bonds is 11. The fourth-order valence-electron chi connectivity index (χ4n) is 9.45. The van der Waals surface area contributed by atoms with Crippen LogP contribution in [0, 0.1) is 47.3 Å². The molecule has 5 rings (SSSR count). The lowest BCUT2D eigenvalue weighted by atomic mass is 9.65. The Hall–Kier alpha value is -3.52. The first-order chi connectivity index (χ1) is 26.3. The van der Waals surface area contributed by atoms with Crippen molar-refractivity contribution in [2.24, 2.45) is 47.3 Å². The number of cyclic esters (lactones) is 2. The fourth-order valence-corrected chi connectivity index (χ4v) is 9.45. The van der Waals surface area contributed by atoms with Gasteiger partial charge in [0.25, 0.3) is 0 Å². The summed E-state index contributed by atoms with van der Waals surface area (Å²) in [7, 11) is 0. The molecule has 1 saturated heterocycles. The van der Waals surface area contributed by atoms with Crippen LogP contribution in [0.15, 0.2) is 69.9 Å². The Bertz CT molecular complexity index is 1730. The third-order valence-corrected chi connectivity index (χ3v) is 12.8. The molecular weight excluding hydrogens is 720 g/mol. The quantitative estimate of drug-likeness (QED) is 0.0823. The van der Waals surface area contributed by atoms with Gasteiger partial charge in [0.15, 0.2) is 18.2 Å². The minimum Gasteiger partial charge on any atom is -0.481 e. The maximum Gasteiger partial charge on any atom is 0.341 e. The second kappa shape index (κ2) is 18.0. The number of ether oxygens (including phenoxy) is 3. The molecular formula is C44H60O12. The van der Waals surface area contributed by atoms with Gasteiger partial charge in [0.1, 0.15) is 6.10 Å². The monoisotopic (exact) mass is 780 g/mol. The molecule has 0 bridgehead atoms. The van der Waals surface area contributed by atoms with Gasteiger partial charge < -0.3 is 39.7 Å². The third kappa shape index (κ3) is 8.95. The summed E-state index contributed by atoms with van der Waals surface area (Å²) in [6, 6.07) is 0. The zero-order valence-corrected chi connectivity index (χ0v) is 33.8. The summed E-state index contributed by atoms with van der Waals surface area (Å²) in [5.41, 5.74) is 4.56. The average Bonchev–Trinajstić information content (AvgIpc) is 3.36. The molecule has 0 amide bonds. The summed E-state index contributed by atoms with van der Waals surface area (Å²) in [5, 5.41) is 51.8. The van der Waals surface area contributed by atoms with Gasteiger partial charge in [0, 0.05) is 23.3 Å². The van der Waals surface area contributed by atoms with E-state index in [0.29, 0.717) is 36.8 Å². The van der Waals surface area contributed by atoms with Gasteiger partial charge in [-0.15, -0.1) is 0 Å². The molecule has 308 valence electrons.